The summed E-state index contributed by atoms with van der Waals surface area (Å²) in [5, 5.41) is 3.28. The number of nitrogens with zero attached hydrogens (tertiary/aromatic N) is 5. The van der Waals surface area contributed by atoms with E-state index >= 15 is 0 Å². The standard InChI is InChI=1S/C9H17N5O/c1-2-3-13-4-6-14(7-5-13)9(15)8-11-12-10/h2-8H2,1H3. The molecular weight excluding hydrogens is 194 g/mol. The second-order valence-corrected chi connectivity index (χ2v) is 3.61. The Morgan fingerprint density at radius 2 is 2.07 bits per heavy atom. The summed E-state index contributed by atoms with van der Waals surface area (Å²) in [4.78, 5) is 18.2. The lowest BCUT2D eigenvalue weighted by Gasteiger charge is -2.34. The molecule has 0 bridgehead atoms. The molecule has 6 heteroatoms. The van der Waals surface area contributed by atoms with Crippen LogP contribution in [0.2, 0.25) is 0 Å². The van der Waals surface area contributed by atoms with Crippen molar-refractivity contribution in [3.63, 3.8) is 0 Å². The van der Waals surface area contributed by atoms with Crippen molar-refractivity contribution in [2.45, 2.75) is 13.3 Å². The van der Waals surface area contributed by atoms with Crippen LogP contribution in [-0.4, -0.2) is 55.0 Å². The van der Waals surface area contributed by atoms with Crippen molar-refractivity contribution in [2.75, 3.05) is 39.3 Å². The minimum Gasteiger partial charge on any atom is -0.340 e. The van der Waals surface area contributed by atoms with E-state index in [1.807, 2.05) is 0 Å². The Bertz CT molecular complexity index is 253. The van der Waals surface area contributed by atoms with Gasteiger partial charge in [0.25, 0.3) is 0 Å². The van der Waals surface area contributed by atoms with Crippen molar-refractivity contribution < 1.29 is 4.79 Å². The van der Waals surface area contributed by atoms with Gasteiger partial charge in [-0.1, -0.05) is 12.0 Å². The van der Waals surface area contributed by atoms with Crippen molar-refractivity contribution in [3.8, 4) is 0 Å². The van der Waals surface area contributed by atoms with Gasteiger partial charge in [-0.15, -0.1) is 0 Å². The zero-order valence-corrected chi connectivity index (χ0v) is 9.09. The van der Waals surface area contributed by atoms with E-state index in [0.717, 1.165) is 39.1 Å². The van der Waals surface area contributed by atoms with Crippen LogP contribution in [0.15, 0.2) is 5.11 Å². The Balaban J connectivity index is 2.30. The van der Waals surface area contributed by atoms with Crippen molar-refractivity contribution in [1.82, 2.24) is 9.80 Å². The fourth-order valence-electron chi connectivity index (χ4n) is 1.73. The van der Waals surface area contributed by atoms with Crippen LogP contribution in [0.5, 0.6) is 0 Å². The summed E-state index contributed by atoms with van der Waals surface area (Å²) in [7, 11) is 0. The molecule has 0 atom stereocenters. The van der Waals surface area contributed by atoms with Crippen molar-refractivity contribution in [2.24, 2.45) is 5.11 Å². The number of amides is 1. The van der Waals surface area contributed by atoms with E-state index in [0.29, 0.717) is 0 Å². The molecule has 0 spiro atoms. The largest absolute Gasteiger partial charge is 0.340 e. The molecule has 0 aromatic rings. The van der Waals surface area contributed by atoms with Gasteiger partial charge in [-0.05, 0) is 18.5 Å². The molecule has 0 aliphatic carbocycles. The van der Waals surface area contributed by atoms with E-state index in [2.05, 4.69) is 21.8 Å². The van der Waals surface area contributed by atoms with Crippen LogP contribution in [0.1, 0.15) is 13.3 Å². The first-order valence-corrected chi connectivity index (χ1v) is 5.29. The van der Waals surface area contributed by atoms with Crippen molar-refractivity contribution in [3.05, 3.63) is 10.4 Å². The average Bonchev–Trinajstić information content (AvgIpc) is 2.27. The van der Waals surface area contributed by atoms with Crippen LogP contribution in [-0.2, 0) is 4.79 Å². The second kappa shape index (κ2) is 6.27. The lowest BCUT2D eigenvalue weighted by atomic mass is 10.3. The number of rotatable bonds is 4. The predicted octanol–water partition coefficient (Wildman–Crippen LogP) is 0.851. The molecule has 6 nitrogen and oxygen atoms in total. The van der Waals surface area contributed by atoms with Crippen molar-refractivity contribution >= 4 is 5.91 Å². The maximum Gasteiger partial charge on any atom is 0.228 e. The summed E-state index contributed by atoms with van der Waals surface area (Å²) >= 11 is 0. The molecule has 0 saturated carbocycles. The van der Waals surface area contributed by atoms with Crippen LogP contribution in [0.4, 0.5) is 0 Å². The number of piperazine rings is 1. The highest BCUT2D eigenvalue weighted by Gasteiger charge is 2.19. The van der Waals surface area contributed by atoms with Crippen LogP contribution < -0.4 is 0 Å². The highest BCUT2D eigenvalue weighted by atomic mass is 16.2. The third-order valence-electron chi connectivity index (χ3n) is 2.53. The van der Waals surface area contributed by atoms with Crippen LogP contribution >= 0.6 is 0 Å². The van der Waals surface area contributed by atoms with E-state index < -0.39 is 0 Å². The number of carbonyl (C=O) groups excluding carboxylic acids is 1. The minimum atomic E-state index is -0.0658. The third-order valence-corrected chi connectivity index (χ3v) is 2.53. The SMILES string of the molecule is CCCN1CCN(C(=O)CN=[N+]=[N-])CC1. The zero-order chi connectivity index (χ0) is 11.1. The molecule has 0 aromatic carbocycles. The van der Waals surface area contributed by atoms with Gasteiger partial charge in [0.1, 0.15) is 6.54 Å². The maximum absolute atomic E-state index is 11.5. The van der Waals surface area contributed by atoms with Gasteiger partial charge in [0.05, 0.1) is 0 Å². The van der Waals surface area contributed by atoms with E-state index in [4.69, 9.17) is 5.53 Å². The van der Waals surface area contributed by atoms with Gasteiger partial charge in [0.15, 0.2) is 0 Å². The molecule has 1 aliphatic heterocycles. The summed E-state index contributed by atoms with van der Waals surface area (Å²) in [6.45, 7) is 6.55. The molecule has 1 amide bonds. The summed E-state index contributed by atoms with van der Waals surface area (Å²) in [5.41, 5.74) is 8.10. The smallest absolute Gasteiger partial charge is 0.228 e. The molecule has 0 aromatic heterocycles. The number of azide groups is 1. The fraction of sp³-hybridized carbons (Fsp3) is 0.889. The van der Waals surface area contributed by atoms with Gasteiger partial charge < -0.3 is 4.90 Å². The molecule has 1 fully saturated rings. The molecule has 0 radical (unpaired) electrons. The fourth-order valence-corrected chi connectivity index (χ4v) is 1.73. The number of hydrogen-bond acceptors (Lipinski definition) is 3. The van der Waals surface area contributed by atoms with E-state index in [9.17, 15) is 4.79 Å². The van der Waals surface area contributed by atoms with E-state index in [1.165, 1.54) is 0 Å². The van der Waals surface area contributed by atoms with Crippen LogP contribution in [0, 0.1) is 0 Å². The molecule has 1 rings (SSSR count). The van der Waals surface area contributed by atoms with Crippen molar-refractivity contribution in [1.29, 1.82) is 0 Å². The van der Waals surface area contributed by atoms with E-state index in [-0.39, 0.29) is 12.5 Å². The van der Waals surface area contributed by atoms with Gasteiger partial charge in [-0.3, -0.25) is 9.69 Å². The second-order valence-electron chi connectivity index (χ2n) is 3.61. The molecule has 0 unspecified atom stereocenters. The van der Waals surface area contributed by atoms with E-state index in [1.54, 1.807) is 4.90 Å². The summed E-state index contributed by atoms with van der Waals surface area (Å²) in [6.07, 6.45) is 1.15. The highest BCUT2D eigenvalue weighted by Crippen LogP contribution is 2.02. The van der Waals surface area contributed by atoms with Gasteiger partial charge in [-0.2, -0.15) is 0 Å². The quantitative estimate of drug-likeness (QED) is 0.393. The van der Waals surface area contributed by atoms with Gasteiger partial charge in [0.2, 0.25) is 5.91 Å². The molecule has 1 saturated heterocycles. The van der Waals surface area contributed by atoms with Crippen LogP contribution in [0.3, 0.4) is 0 Å². The summed E-state index contributed by atoms with van der Waals surface area (Å²) in [6, 6.07) is 0. The molecule has 0 N–H and O–H groups in total. The molecule has 1 aliphatic rings. The first-order valence-electron chi connectivity index (χ1n) is 5.29. The Morgan fingerprint density at radius 3 is 2.60 bits per heavy atom. The summed E-state index contributed by atoms with van der Waals surface area (Å²) < 4.78 is 0. The van der Waals surface area contributed by atoms with Gasteiger partial charge >= 0.3 is 0 Å². The molecular formula is C9H17N5O. The Morgan fingerprint density at radius 1 is 1.40 bits per heavy atom. The first-order chi connectivity index (χ1) is 7.27. The molecule has 15 heavy (non-hydrogen) atoms. The highest BCUT2D eigenvalue weighted by molar-refractivity contribution is 5.78. The molecule has 1 heterocycles. The first kappa shape index (κ1) is 11.8. The zero-order valence-electron chi connectivity index (χ0n) is 9.09. The van der Waals surface area contributed by atoms with Gasteiger partial charge in [0, 0.05) is 31.1 Å². The minimum absolute atomic E-state index is 0.0513. The normalized spacial score (nSPS) is 17.3. The predicted molar refractivity (Wildman–Crippen MR) is 57.3 cm³/mol. The number of carbonyl (C=O) groups is 1. The number of hydrogen-bond donors (Lipinski definition) is 0. The topological polar surface area (TPSA) is 72.3 Å². The monoisotopic (exact) mass is 211 g/mol. The van der Waals surface area contributed by atoms with Crippen LogP contribution in [0.25, 0.3) is 10.4 Å². The third kappa shape index (κ3) is 3.77. The average molecular weight is 211 g/mol. The Kier molecular flexibility index (Phi) is 4.93. The Hall–Kier alpha value is -1.26. The maximum atomic E-state index is 11.5. The summed E-state index contributed by atoms with van der Waals surface area (Å²) in [5.74, 6) is -0.0658. The lowest BCUT2D eigenvalue weighted by molar-refractivity contribution is -0.131. The lowest BCUT2D eigenvalue weighted by Crippen LogP contribution is -2.49. The van der Waals surface area contributed by atoms with Gasteiger partial charge in [-0.25, -0.2) is 0 Å². The Labute approximate surface area is 89.5 Å². The molecule has 84 valence electrons.